The first-order valence-electron chi connectivity index (χ1n) is 4.89. The van der Waals surface area contributed by atoms with Crippen molar-refractivity contribution in [1.82, 2.24) is 5.32 Å². The minimum atomic E-state index is 0.433. The van der Waals surface area contributed by atoms with E-state index in [0.717, 1.165) is 5.56 Å². The molecule has 0 fully saturated rings. The molecule has 4 nitrogen and oxygen atoms in total. The van der Waals surface area contributed by atoms with E-state index in [1.54, 1.807) is 13.2 Å². The van der Waals surface area contributed by atoms with E-state index < -0.39 is 0 Å². The molecule has 0 saturated heterocycles. The van der Waals surface area contributed by atoms with Gasteiger partial charge in [0.2, 0.25) is 6.41 Å². The first kappa shape index (κ1) is 12.1. The number of hydrogen-bond acceptors (Lipinski definition) is 3. The molecule has 0 aliphatic heterocycles. The van der Waals surface area contributed by atoms with Gasteiger partial charge in [-0.3, -0.25) is 4.79 Å². The van der Waals surface area contributed by atoms with Gasteiger partial charge >= 0.3 is 0 Å². The number of ether oxygens (including phenoxy) is 2. The second-order valence-electron chi connectivity index (χ2n) is 3.08. The van der Waals surface area contributed by atoms with Crippen LogP contribution in [-0.2, 0) is 11.3 Å². The van der Waals surface area contributed by atoms with Gasteiger partial charge in [-0.1, -0.05) is 18.7 Å². The third-order valence-corrected chi connectivity index (χ3v) is 1.97. The third-order valence-electron chi connectivity index (χ3n) is 1.97. The molecule has 0 aromatic heterocycles. The van der Waals surface area contributed by atoms with Crippen molar-refractivity contribution in [2.75, 3.05) is 13.7 Å². The molecule has 0 aliphatic rings. The van der Waals surface area contributed by atoms with E-state index in [2.05, 4.69) is 11.9 Å². The summed E-state index contributed by atoms with van der Waals surface area (Å²) in [7, 11) is 1.58. The van der Waals surface area contributed by atoms with Crippen LogP contribution in [0.4, 0.5) is 0 Å². The van der Waals surface area contributed by atoms with Gasteiger partial charge < -0.3 is 14.8 Å². The smallest absolute Gasteiger partial charge is 0.207 e. The Morgan fingerprint density at radius 3 is 2.88 bits per heavy atom. The maximum atomic E-state index is 10.2. The highest BCUT2D eigenvalue weighted by molar-refractivity contribution is 5.48. The fourth-order valence-electron chi connectivity index (χ4n) is 1.25. The topological polar surface area (TPSA) is 47.6 Å². The van der Waals surface area contributed by atoms with Crippen LogP contribution in [0.3, 0.4) is 0 Å². The first-order valence-corrected chi connectivity index (χ1v) is 4.89. The van der Waals surface area contributed by atoms with Crippen molar-refractivity contribution in [3.8, 4) is 11.5 Å². The standard InChI is InChI=1S/C12H15NO3/c1-3-6-16-11-5-4-10(8-13-9-14)7-12(11)15-2/h3-5,7,9H,1,6,8H2,2H3,(H,13,14). The second kappa shape index (κ2) is 6.50. The lowest BCUT2D eigenvalue weighted by molar-refractivity contribution is -0.109. The Bertz CT molecular complexity index is 363. The third kappa shape index (κ3) is 3.31. The van der Waals surface area contributed by atoms with Gasteiger partial charge in [0.25, 0.3) is 0 Å². The van der Waals surface area contributed by atoms with Crippen molar-refractivity contribution in [1.29, 1.82) is 0 Å². The zero-order valence-electron chi connectivity index (χ0n) is 9.23. The Balaban J connectivity index is 2.78. The molecule has 1 rings (SSSR count). The average Bonchev–Trinajstić information content (AvgIpc) is 2.34. The summed E-state index contributed by atoms with van der Waals surface area (Å²) >= 11 is 0. The van der Waals surface area contributed by atoms with Crippen LogP contribution in [-0.4, -0.2) is 20.1 Å². The van der Waals surface area contributed by atoms with E-state index in [9.17, 15) is 4.79 Å². The number of nitrogens with one attached hydrogen (secondary N) is 1. The number of methoxy groups -OCH3 is 1. The van der Waals surface area contributed by atoms with Gasteiger partial charge in [0, 0.05) is 6.54 Å². The summed E-state index contributed by atoms with van der Waals surface area (Å²) in [5.41, 5.74) is 0.954. The molecule has 16 heavy (non-hydrogen) atoms. The van der Waals surface area contributed by atoms with E-state index in [1.807, 2.05) is 18.2 Å². The normalized spacial score (nSPS) is 9.31. The molecule has 86 valence electrons. The van der Waals surface area contributed by atoms with Gasteiger partial charge in [0.05, 0.1) is 7.11 Å². The van der Waals surface area contributed by atoms with Crippen LogP contribution < -0.4 is 14.8 Å². The molecule has 0 radical (unpaired) electrons. The van der Waals surface area contributed by atoms with E-state index in [1.165, 1.54) is 0 Å². The van der Waals surface area contributed by atoms with Crippen LogP contribution in [0, 0.1) is 0 Å². The predicted octanol–water partition coefficient (Wildman–Crippen LogP) is 1.51. The molecule has 0 atom stereocenters. The van der Waals surface area contributed by atoms with E-state index in [4.69, 9.17) is 9.47 Å². The summed E-state index contributed by atoms with van der Waals surface area (Å²) in [6, 6.07) is 5.51. The van der Waals surface area contributed by atoms with Gasteiger partial charge in [-0.15, -0.1) is 0 Å². The van der Waals surface area contributed by atoms with Crippen molar-refractivity contribution in [3.63, 3.8) is 0 Å². The Labute approximate surface area is 94.9 Å². The Morgan fingerprint density at radius 1 is 1.44 bits per heavy atom. The fraction of sp³-hybridized carbons (Fsp3) is 0.250. The maximum Gasteiger partial charge on any atom is 0.207 e. The van der Waals surface area contributed by atoms with E-state index >= 15 is 0 Å². The van der Waals surface area contributed by atoms with Crippen molar-refractivity contribution in [2.24, 2.45) is 0 Å². The van der Waals surface area contributed by atoms with Crippen molar-refractivity contribution >= 4 is 6.41 Å². The summed E-state index contributed by atoms with van der Waals surface area (Å²) in [6.45, 7) is 4.48. The van der Waals surface area contributed by atoms with Gasteiger partial charge in [0.1, 0.15) is 6.61 Å². The molecular weight excluding hydrogens is 206 g/mol. The zero-order valence-corrected chi connectivity index (χ0v) is 9.23. The highest BCUT2D eigenvalue weighted by Gasteiger charge is 2.04. The van der Waals surface area contributed by atoms with Gasteiger partial charge in [-0.25, -0.2) is 0 Å². The van der Waals surface area contributed by atoms with Crippen LogP contribution in [0.5, 0.6) is 11.5 Å². The van der Waals surface area contributed by atoms with Gasteiger partial charge in [-0.05, 0) is 17.7 Å². The van der Waals surface area contributed by atoms with Crippen LogP contribution in [0.25, 0.3) is 0 Å². The van der Waals surface area contributed by atoms with Crippen LogP contribution >= 0.6 is 0 Å². The molecule has 0 aliphatic carbocycles. The molecule has 1 N–H and O–H groups in total. The van der Waals surface area contributed by atoms with Crippen molar-refractivity contribution in [2.45, 2.75) is 6.54 Å². The van der Waals surface area contributed by atoms with Crippen LogP contribution in [0.1, 0.15) is 5.56 Å². The minimum absolute atomic E-state index is 0.433. The monoisotopic (exact) mass is 221 g/mol. The lowest BCUT2D eigenvalue weighted by Crippen LogP contribution is -2.09. The molecule has 0 spiro atoms. The second-order valence-corrected chi connectivity index (χ2v) is 3.08. The Hall–Kier alpha value is -1.97. The molecule has 0 saturated carbocycles. The molecule has 1 aromatic carbocycles. The summed E-state index contributed by atoms with van der Waals surface area (Å²) in [5.74, 6) is 1.31. The SMILES string of the molecule is C=CCOc1ccc(CNC=O)cc1OC. The molecule has 0 unspecified atom stereocenters. The Kier molecular flexibility index (Phi) is 4.92. The van der Waals surface area contributed by atoms with Crippen LogP contribution in [0.15, 0.2) is 30.9 Å². The van der Waals surface area contributed by atoms with Gasteiger partial charge in [0.15, 0.2) is 11.5 Å². The summed E-state index contributed by atoms with van der Waals surface area (Å²) < 4.78 is 10.6. The predicted molar refractivity (Wildman–Crippen MR) is 61.6 cm³/mol. The lowest BCUT2D eigenvalue weighted by atomic mass is 10.2. The number of carbonyl (C=O) groups is 1. The summed E-state index contributed by atoms with van der Waals surface area (Å²) in [5, 5.41) is 2.59. The minimum Gasteiger partial charge on any atom is -0.493 e. The van der Waals surface area contributed by atoms with Crippen LogP contribution in [0.2, 0.25) is 0 Å². The van der Waals surface area contributed by atoms with Gasteiger partial charge in [-0.2, -0.15) is 0 Å². The quantitative estimate of drug-likeness (QED) is 0.560. The molecule has 0 heterocycles. The fourth-order valence-corrected chi connectivity index (χ4v) is 1.25. The largest absolute Gasteiger partial charge is 0.493 e. The highest BCUT2D eigenvalue weighted by Crippen LogP contribution is 2.27. The molecule has 1 amide bonds. The van der Waals surface area contributed by atoms with Crippen molar-refractivity contribution in [3.05, 3.63) is 36.4 Å². The zero-order chi connectivity index (χ0) is 11.8. The Morgan fingerprint density at radius 2 is 2.25 bits per heavy atom. The number of rotatable bonds is 7. The molecule has 4 heteroatoms. The number of carbonyl (C=O) groups excluding carboxylic acids is 1. The lowest BCUT2D eigenvalue weighted by Gasteiger charge is -2.10. The molecule has 1 aromatic rings. The van der Waals surface area contributed by atoms with Crippen molar-refractivity contribution < 1.29 is 14.3 Å². The summed E-state index contributed by atoms with van der Waals surface area (Å²) in [6.07, 6.45) is 2.33. The van der Waals surface area contributed by atoms with E-state index in [0.29, 0.717) is 31.1 Å². The number of amides is 1. The number of hydrogen-bond donors (Lipinski definition) is 1. The first-order chi connectivity index (χ1) is 7.81. The maximum absolute atomic E-state index is 10.2. The van der Waals surface area contributed by atoms with E-state index in [-0.39, 0.29) is 0 Å². The average molecular weight is 221 g/mol. The molecular formula is C12H15NO3. The summed E-state index contributed by atoms with van der Waals surface area (Å²) in [4.78, 5) is 10.2. The molecule has 0 bridgehead atoms. The number of benzene rings is 1. The highest BCUT2D eigenvalue weighted by atomic mass is 16.5.